The maximum absolute atomic E-state index is 5.18. The molecule has 1 heterocycles. The number of nitrogens with zero attached hydrogens (tertiary/aromatic N) is 2. The molecule has 0 aliphatic heterocycles. The Bertz CT molecular complexity index is 279. The van der Waals surface area contributed by atoms with E-state index in [-0.39, 0.29) is 0 Å². The van der Waals surface area contributed by atoms with Crippen molar-refractivity contribution in [2.24, 2.45) is 0 Å². The van der Waals surface area contributed by atoms with Crippen LogP contribution in [0.3, 0.4) is 0 Å². The highest BCUT2D eigenvalue weighted by molar-refractivity contribution is 5.48. The first kappa shape index (κ1) is 9.71. The summed E-state index contributed by atoms with van der Waals surface area (Å²) in [5.74, 6) is 1.10. The lowest BCUT2D eigenvalue weighted by Crippen LogP contribution is -1.97. The third-order valence-corrected chi connectivity index (χ3v) is 1.68. The van der Waals surface area contributed by atoms with Crippen molar-refractivity contribution in [1.82, 2.24) is 9.97 Å². The number of hydrogen-bond acceptors (Lipinski definition) is 3. The maximum Gasteiger partial charge on any atom is 0.194 e. The summed E-state index contributed by atoms with van der Waals surface area (Å²) in [4.78, 5) is 8.26. The molecule has 70 valence electrons. The van der Waals surface area contributed by atoms with Crippen molar-refractivity contribution in [2.45, 2.75) is 20.3 Å². The van der Waals surface area contributed by atoms with Gasteiger partial charge in [0.15, 0.2) is 11.6 Å². The van der Waals surface area contributed by atoms with E-state index < -0.39 is 0 Å². The number of ether oxygens (including phenoxy) is 1. The van der Waals surface area contributed by atoms with E-state index in [4.69, 9.17) is 4.74 Å². The molecule has 0 N–H and O–H groups in total. The molecule has 0 unspecified atom stereocenters. The average molecular weight is 178 g/mol. The first-order chi connectivity index (χ1) is 6.27. The summed E-state index contributed by atoms with van der Waals surface area (Å²) in [6, 6.07) is 0. The summed E-state index contributed by atoms with van der Waals surface area (Å²) < 4.78 is 5.18. The minimum atomic E-state index is 0.533. The topological polar surface area (TPSA) is 35.0 Å². The van der Waals surface area contributed by atoms with E-state index in [1.54, 1.807) is 12.4 Å². The minimum Gasteiger partial charge on any atom is -0.491 e. The molecule has 0 bridgehead atoms. The number of aromatic nitrogens is 2. The van der Waals surface area contributed by atoms with Crippen LogP contribution >= 0.6 is 0 Å². The van der Waals surface area contributed by atoms with Crippen molar-refractivity contribution in [2.75, 3.05) is 6.61 Å². The Kier molecular flexibility index (Phi) is 3.43. The normalized spacial score (nSPS) is 9.69. The van der Waals surface area contributed by atoms with Crippen molar-refractivity contribution in [3.05, 3.63) is 30.4 Å². The molecule has 0 aliphatic rings. The second-order valence-electron chi connectivity index (χ2n) is 2.62. The Balaban J connectivity index is 2.74. The molecule has 1 aromatic heterocycles. The molecule has 1 rings (SSSR count). The highest BCUT2D eigenvalue weighted by Crippen LogP contribution is 2.07. The monoisotopic (exact) mass is 178 g/mol. The predicted octanol–water partition coefficient (Wildman–Crippen LogP) is 2.05. The molecule has 0 radical (unpaired) electrons. The fourth-order valence-electron chi connectivity index (χ4n) is 0.920. The second-order valence-corrected chi connectivity index (χ2v) is 2.62. The SMILES string of the molecule is C=C(OCC)c1ncc(CC)cn1. The Hall–Kier alpha value is -1.38. The molecular formula is C10H14N2O. The smallest absolute Gasteiger partial charge is 0.194 e. The Morgan fingerprint density at radius 3 is 2.46 bits per heavy atom. The van der Waals surface area contributed by atoms with Crippen LogP contribution in [-0.2, 0) is 11.2 Å². The van der Waals surface area contributed by atoms with Crippen LogP contribution in [0.15, 0.2) is 19.0 Å². The summed E-state index contributed by atoms with van der Waals surface area (Å²) in [5.41, 5.74) is 1.12. The fourth-order valence-corrected chi connectivity index (χ4v) is 0.920. The summed E-state index contributed by atoms with van der Waals surface area (Å²) >= 11 is 0. The van der Waals surface area contributed by atoms with Gasteiger partial charge in [-0.3, -0.25) is 0 Å². The summed E-state index contributed by atoms with van der Waals surface area (Å²) in [6.45, 7) is 8.29. The van der Waals surface area contributed by atoms with Crippen LogP contribution in [0.5, 0.6) is 0 Å². The third-order valence-electron chi connectivity index (χ3n) is 1.68. The molecule has 3 heteroatoms. The number of hydrogen-bond donors (Lipinski definition) is 0. The molecule has 0 saturated carbocycles. The highest BCUT2D eigenvalue weighted by Gasteiger charge is 2.01. The molecule has 0 amide bonds. The first-order valence-electron chi connectivity index (χ1n) is 4.41. The Labute approximate surface area is 78.5 Å². The van der Waals surface area contributed by atoms with Crippen LogP contribution in [0.1, 0.15) is 25.2 Å². The molecule has 0 saturated heterocycles. The maximum atomic E-state index is 5.18. The number of rotatable bonds is 4. The summed E-state index contributed by atoms with van der Waals surface area (Å²) in [7, 11) is 0. The van der Waals surface area contributed by atoms with Crippen LogP contribution in [0, 0.1) is 0 Å². The summed E-state index contributed by atoms with van der Waals surface area (Å²) in [5, 5.41) is 0. The van der Waals surface area contributed by atoms with Crippen molar-refractivity contribution < 1.29 is 4.74 Å². The second kappa shape index (κ2) is 4.60. The van der Waals surface area contributed by atoms with Crippen LogP contribution in [0.4, 0.5) is 0 Å². The zero-order chi connectivity index (χ0) is 9.68. The minimum absolute atomic E-state index is 0.533. The van der Waals surface area contributed by atoms with Gasteiger partial charge in [0.05, 0.1) is 6.61 Å². The zero-order valence-corrected chi connectivity index (χ0v) is 8.08. The van der Waals surface area contributed by atoms with Crippen LogP contribution in [0.2, 0.25) is 0 Å². The molecule has 0 aromatic carbocycles. The fraction of sp³-hybridized carbons (Fsp3) is 0.400. The summed E-state index contributed by atoms with van der Waals surface area (Å²) in [6.07, 6.45) is 4.54. The van der Waals surface area contributed by atoms with Gasteiger partial charge in [0.1, 0.15) is 0 Å². The van der Waals surface area contributed by atoms with Crippen molar-refractivity contribution in [1.29, 1.82) is 0 Å². The standard InChI is InChI=1S/C10H14N2O/c1-4-9-6-11-10(12-7-9)8(3)13-5-2/h6-7H,3-5H2,1-2H3. The molecule has 0 fully saturated rings. The van der Waals surface area contributed by atoms with E-state index >= 15 is 0 Å². The highest BCUT2D eigenvalue weighted by atomic mass is 16.5. The van der Waals surface area contributed by atoms with Gasteiger partial charge in [-0.2, -0.15) is 0 Å². The molecule has 1 aromatic rings. The van der Waals surface area contributed by atoms with Gasteiger partial charge < -0.3 is 4.74 Å². The van der Waals surface area contributed by atoms with E-state index in [1.807, 2.05) is 6.92 Å². The molecule has 13 heavy (non-hydrogen) atoms. The van der Waals surface area contributed by atoms with E-state index in [0.29, 0.717) is 18.2 Å². The predicted molar refractivity (Wildman–Crippen MR) is 52.1 cm³/mol. The molecule has 0 spiro atoms. The van der Waals surface area contributed by atoms with Crippen LogP contribution < -0.4 is 0 Å². The molecule has 0 aliphatic carbocycles. The number of aryl methyl sites for hydroxylation is 1. The van der Waals surface area contributed by atoms with E-state index in [1.165, 1.54) is 0 Å². The van der Waals surface area contributed by atoms with E-state index in [2.05, 4.69) is 23.5 Å². The van der Waals surface area contributed by atoms with Gasteiger partial charge in [0.2, 0.25) is 0 Å². The van der Waals surface area contributed by atoms with E-state index in [9.17, 15) is 0 Å². The van der Waals surface area contributed by atoms with Gasteiger partial charge in [-0.25, -0.2) is 9.97 Å². The van der Waals surface area contributed by atoms with Gasteiger partial charge in [-0.05, 0) is 18.9 Å². The van der Waals surface area contributed by atoms with Gasteiger partial charge in [0.25, 0.3) is 0 Å². The van der Waals surface area contributed by atoms with Gasteiger partial charge in [-0.15, -0.1) is 0 Å². The lowest BCUT2D eigenvalue weighted by Gasteiger charge is -2.04. The Morgan fingerprint density at radius 1 is 1.38 bits per heavy atom. The molecule has 0 atom stereocenters. The van der Waals surface area contributed by atoms with Crippen molar-refractivity contribution in [3.63, 3.8) is 0 Å². The molecule has 3 nitrogen and oxygen atoms in total. The van der Waals surface area contributed by atoms with Crippen molar-refractivity contribution in [3.8, 4) is 0 Å². The van der Waals surface area contributed by atoms with Gasteiger partial charge in [-0.1, -0.05) is 13.5 Å². The largest absolute Gasteiger partial charge is 0.491 e. The van der Waals surface area contributed by atoms with Gasteiger partial charge >= 0.3 is 0 Å². The Morgan fingerprint density at radius 2 is 2.00 bits per heavy atom. The third kappa shape index (κ3) is 2.54. The average Bonchev–Trinajstić information content (AvgIpc) is 2.18. The first-order valence-corrected chi connectivity index (χ1v) is 4.41. The zero-order valence-electron chi connectivity index (χ0n) is 8.08. The van der Waals surface area contributed by atoms with Crippen LogP contribution in [0.25, 0.3) is 5.76 Å². The molecular weight excluding hydrogens is 164 g/mol. The lowest BCUT2D eigenvalue weighted by molar-refractivity contribution is 0.296. The quantitative estimate of drug-likeness (QED) is 0.662. The van der Waals surface area contributed by atoms with Crippen LogP contribution in [-0.4, -0.2) is 16.6 Å². The lowest BCUT2D eigenvalue weighted by atomic mass is 10.3. The van der Waals surface area contributed by atoms with Gasteiger partial charge in [0, 0.05) is 12.4 Å². The van der Waals surface area contributed by atoms with Crippen molar-refractivity contribution >= 4 is 5.76 Å². The van der Waals surface area contributed by atoms with E-state index in [0.717, 1.165) is 12.0 Å².